The molecular formula is C15H21NO3. The van der Waals surface area contributed by atoms with Crippen LogP contribution in [0.25, 0.3) is 0 Å². The highest BCUT2D eigenvalue weighted by atomic mass is 16.5. The second kappa shape index (κ2) is 5.80. The van der Waals surface area contributed by atoms with Gasteiger partial charge in [-0.05, 0) is 43.5 Å². The summed E-state index contributed by atoms with van der Waals surface area (Å²) in [7, 11) is 0. The average molecular weight is 263 g/mol. The fourth-order valence-corrected chi connectivity index (χ4v) is 2.27. The molecule has 1 aliphatic heterocycles. The molecule has 1 aromatic carbocycles. The molecule has 4 heteroatoms. The zero-order valence-corrected chi connectivity index (χ0v) is 11.1. The standard InChI is InChI=1S/C15H21NO3/c17-13(6-7-16-12-3-4-12)11-2-5-14-15(10-11)19-9-1-8-18-14/h2,5,10,12-13,16-17H,1,3-4,6-9H2. The number of fused-ring (bicyclic) bond motifs is 1. The van der Waals surface area contributed by atoms with E-state index in [1.54, 1.807) is 0 Å². The maximum atomic E-state index is 10.2. The molecule has 1 aromatic rings. The van der Waals surface area contributed by atoms with Crippen LogP contribution in [0, 0.1) is 0 Å². The van der Waals surface area contributed by atoms with E-state index in [0.29, 0.717) is 19.3 Å². The van der Waals surface area contributed by atoms with Crippen LogP contribution < -0.4 is 14.8 Å². The number of aliphatic hydroxyl groups excluding tert-OH is 1. The minimum Gasteiger partial charge on any atom is -0.490 e. The number of benzene rings is 1. The number of nitrogens with one attached hydrogen (secondary N) is 1. The molecule has 1 heterocycles. The molecule has 0 aromatic heterocycles. The number of ether oxygens (including phenoxy) is 2. The Morgan fingerprint density at radius 2 is 2.00 bits per heavy atom. The summed E-state index contributed by atoms with van der Waals surface area (Å²) in [6, 6.07) is 6.42. The molecule has 0 bridgehead atoms. The quantitative estimate of drug-likeness (QED) is 0.853. The van der Waals surface area contributed by atoms with Crippen molar-refractivity contribution in [3.8, 4) is 11.5 Å². The molecule has 0 amide bonds. The third kappa shape index (κ3) is 3.39. The van der Waals surface area contributed by atoms with Gasteiger partial charge in [-0.1, -0.05) is 6.07 Å². The summed E-state index contributed by atoms with van der Waals surface area (Å²) in [5.41, 5.74) is 0.904. The second-order valence-corrected chi connectivity index (χ2v) is 5.29. The first kappa shape index (κ1) is 12.8. The molecular weight excluding hydrogens is 242 g/mol. The van der Waals surface area contributed by atoms with Gasteiger partial charge in [0.15, 0.2) is 11.5 Å². The van der Waals surface area contributed by atoms with Gasteiger partial charge in [-0.3, -0.25) is 0 Å². The van der Waals surface area contributed by atoms with Crippen molar-refractivity contribution in [2.45, 2.75) is 37.8 Å². The van der Waals surface area contributed by atoms with E-state index in [4.69, 9.17) is 9.47 Å². The number of rotatable bonds is 5. The Bertz CT molecular complexity index is 431. The van der Waals surface area contributed by atoms with Gasteiger partial charge in [-0.25, -0.2) is 0 Å². The third-order valence-corrected chi connectivity index (χ3v) is 3.58. The van der Waals surface area contributed by atoms with Gasteiger partial charge in [0.2, 0.25) is 0 Å². The van der Waals surface area contributed by atoms with Crippen LogP contribution in [0.2, 0.25) is 0 Å². The molecule has 1 unspecified atom stereocenters. The third-order valence-electron chi connectivity index (χ3n) is 3.58. The van der Waals surface area contributed by atoms with Crippen LogP contribution in [0.15, 0.2) is 18.2 Å². The highest BCUT2D eigenvalue weighted by Crippen LogP contribution is 2.33. The van der Waals surface area contributed by atoms with Crippen molar-refractivity contribution >= 4 is 0 Å². The Morgan fingerprint density at radius 1 is 1.21 bits per heavy atom. The van der Waals surface area contributed by atoms with Crippen LogP contribution in [-0.2, 0) is 0 Å². The molecule has 2 N–H and O–H groups in total. The molecule has 2 aliphatic rings. The fourth-order valence-electron chi connectivity index (χ4n) is 2.27. The Hall–Kier alpha value is -1.26. The smallest absolute Gasteiger partial charge is 0.161 e. The maximum absolute atomic E-state index is 10.2. The van der Waals surface area contributed by atoms with Crippen molar-refractivity contribution in [2.75, 3.05) is 19.8 Å². The van der Waals surface area contributed by atoms with Gasteiger partial charge in [-0.2, -0.15) is 0 Å². The molecule has 3 rings (SSSR count). The highest BCUT2D eigenvalue weighted by Gasteiger charge is 2.20. The van der Waals surface area contributed by atoms with E-state index in [-0.39, 0.29) is 0 Å². The van der Waals surface area contributed by atoms with Gasteiger partial charge in [0, 0.05) is 12.5 Å². The minimum absolute atomic E-state index is 0.441. The van der Waals surface area contributed by atoms with Crippen LogP contribution in [-0.4, -0.2) is 30.9 Å². The maximum Gasteiger partial charge on any atom is 0.161 e. The van der Waals surface area contributed by atoms with Crippen molar-refractivity contribution in [1.82, 2.24) is 5.32 Å². The van der Waals surface area contributed by atoms with Gasteiger partial charge in [-0.15, -0.1) is 0 Å². The predicted octanol–water partition coefficient (Wildman–Crippen LogP) is 2.02. The minimum atomic E-state index is -0.441. The van der Waals surface area contributed by atoms with E-state index in [1.807, 2.05) is 18.2 Å². The molecule has 1 aliphatic carbocycles. The Morgan fingerprint density at radius 3 is 2.79 bits per heavy atom. The van der Waals surface area contributed by atoms with E-state index in [1.165, 1.54) is 12.8 Å². The Balaban J connectivity index is 1.61. The monoisotopic (exact) mass is 263 g/mol. The van der Waals surface area contributed by atoms with Gasteiger partial charge in [0.25, 0.3) is 0 Å². The molecule has 1 saturated carbocycles. The van der Waals surface area contributed by atoms with Crippen molar-refractivity contribution < 1.29 is 14.6 Å². The molecule has 0 radical (unpaired) electrons. The van der Waals surface area contributed by atoms with E-state index < -0.39 is 6.10 Å². The summed E-state index contributed by atoms with van der Waals surface area (Å²) in [5.74, 6) is 1.54. The summed E-state index contributed by atoms with van der Waals surface area (Å²) < 4.78 is 11.2. The summed E-state index contributed by atoms with van der Waals surface area (Å²) in [6.45, 7) is 2.23. The van der Waals surface area contributed by atoms with Crippen LogP contribution >= 0.6 is 0 Å². The molecule has 0 saturated heterocycles. The van der Waals surface area contributed by atoms with Crippen molar-refractivity contribution in [2.24, 2.45) is 0 Å². The summed E-state index contributed by atoms with van der Waals surface area (Å²) in [4.78, 5) is 0. The fraction of sp³-hybridized carbons (Fsp3) is 0.600. The van der Waals surface area contributed by atoms with E-state index in [2.05, 4.69) is 5.32 Å². The first-order valence-corrected chi connectivity index (χ1v) is 7.14. The largest absolute Gasteiger partial charge is 0.490 e. The van der Waals surface area contributed by atoms with Gasteiger partial charge in [0.1, 0.15) is 0 Å². The molecule has 4 nitrogen and oxygen atoms in total. The van der Waals surface area contributed by atoms with Gasteiger partial charge in [0.05, 0.1) is 19.3 Å². The SMILES string of the molecule is OC(CCNC1CC1)c1ccc2c(c1)OCCCO2. The van der Waals surface area contributed by atoms with Crippen molar-refractivity contribution in [1.29, 1.82) is 0 Å². The number of hydrogen-bond acceptors (Lipinski definition) is 4. The van der Waals surface area contributed by atoms with Gasteiger partial charge < -0.3 is 19.9 Å². The number of hydrogen-bond donors (Lipinski definition) is 2. The normalized spacial score (nSPS) is 19.8. The summed E-state index contributed by atoms with van der Waals surface area (Å²) in [5, 5.41) is 13.6. The summed E-state index contributed by atoms with van der Waals surface area (Å²) in [6.07, 6.45) is 3.75. The lowest BCUT2D eigenvalue weighted by atomic mass is 10.1. The average Bonchev–Trinajstić information content (AvgIpc) is 3.24. The highest BCUT2D eigenvalue weighted by molar-refractivity contribution is 5.44. The van der Waals surface area contributed by atoms with E-state index >= 15 is 0 Å². The number of aliphatic hydroxyl groups is 1. The topological polar surface area (TPSA) is 50.7 Å². The van der Waals surface area contributed by atoms with E-state index in [9.17, 15) is 5.11 Å². The van der Waals surface area contributed by atoms with Crippen LogP contribution in [0.5, 0.6) is 11.5 Å². The molecule has 1 atom stereocenters. The molecule has 104 valence electrons. The van der Waals surface area contributed by atoms with Crippen LogP contribution in [0.1, 0.15) is 37.4 Å². The van der Waals surface area contributed by atoms with Crippen molar-refractivity contribution in [3.05, 3.63) is 23.8 Å². The van der Waals surface area contributed by atoms with Gasteiger partial charge >= 0.3 is 0 Å². The lowest BCUT2D eigenvalue weighted by Gasteiger charge is -2.14. The molecule has 19 heavy (non-hydrogen) atoms. The Labute approximate surface area is 113 Å². The van der Waals surface area contributed by atoms with Crippen LogP contribution in [0.3, 0.4) is 0 Å². The zero-order valence-electron chi connectivity index (χ0n) is 11.1. The van der Waals surface area contributed by atoms with E-state index in [0.717, 1.165) is 36.4 Å². The zero-order chi connectivity index (χ0) is 13.1. The second-order valence-electron chi connectivity index (χ2n) is 5.29. The lowest BCUT2D eigenvalue weighted by Crippen LogP contribution is -2.19. The Kier molecular flexibility index (Phi) is 3.89. The van der Waals surface area contributed by atoms with Crippen molar-refractivity contribution in [3.63, 3.8) is 0 Å². The molecule has 0 spiro atoms. The first-order chi connectivity index (χ1) is 9.33. The lowest BCUT2D eigenvalue weighted by molar-refractivity contribution is 0.166. The summed E-state index contributed by atoms with van der Waals surface area (Å²) >= 11 is 0. The van der Waals surface area contributed by atoms with Crippen LogP contribution in [0.4, 0.5) is 0 Å². The predicted molar refractivity (Wildman–Crippen MR) is 72.7 cm³/mol. The molecule has 1 fully saturated rings. The first-order valence-electron chi connectivity index (χ1n) is 7.14.